The molecule has 1 fully saturated rings. The quantitative estimate of drug-likeness (QED) is 0.874. The summed E-state index contributed by atoms with van der Waals surface area (Å²) in [5.41, 5.74) is 0.635. The lowest BCUT2D eigenvalue weighted by atomic mass is 10.1. The van der Waals surface area contributed by atoms with E-state index in [1.54, 1.807) is 19.2 Å². The minimum absolute atomic E-state index is 0.0780. The van der Waals surface area contributed by atoms with Crippen LogP contribution in [0.1, 0.15) is 24.8 Å². The van der Waals surface area contributed by atoms with Crippen molar-refractivity contribution in [2.45, 2.75) is 31.4 Å². The molecule has 1 aliphatic rings. The van der Waals surface area contributed by atoms with Gasteiger partial charge >= 0.3 is 0 Å². The van der Waals surface area contributed by atoms with Gasteiger partial charge in [-0.1, -0.05) is 6.07 Å². The van der Waals surface area contributed by atoms with Gasteiger partial charge in [-0.15, -0.1) is 0 Å². The van der Waals surface area contributed by atoms with E-state index in [0.29, 0.717) is 5.69 Å². The second-order valence-electron chi connectivity index (χ2n) is 4.23. The normalized spacial score (nSPS) is 23.4. The largest absolute Gasteiger partial charge is 0.379 e. The highest BCUT2D eigenvalue weighted by Gasteiger charge is 2.27. The van der Waals surface area contributed by atoms with Gasteiger partial charge in [-0.25, -0.2) is 4.39 Å². The van der Waals surface area contributed by atoms with Gasteiger partial charge in [-0.05, 0) is 31.4 Å². The molecule has 0 amide bonds. The van der Waals surface area contributed by atoms with E-state index in [1.807, 2.05) is 6.07 Å². The van der Waals surface area contributed by atoms with Crippen LogP contribution >= 0.6 is 0 Å². The van der Waals surface area contributed by atoms with E-state index in [4.69, 9.17) is 10.00 Å². The van der Waals surface area contributed by atoms with Crippen molar-refractivity contribution in [1.29, 1.82) is 5.26 Å². The van der Waals surface area contributed by atoms with Crippen molar-refractivity contribution < 1.29 is 9.13 Å². The Morgan fingerprint density at radius 2 is 2.29 bits per heavy atom. The van der Waals surface area contributed by atoms with Gasteiger partial charge in [0.1, 0.15) is 17.4 Å². The predicted octanol–water partition coefficient (Wildman–Crippen LogP) is 2.68. The molecular weight excluding hydrogens is 219 g/mol. The number of halogens is 1. The highest BCUT2D eigenvalue weighted by molar-refractivity contribution is 5.58. The van der Waals surface area contributed by atoms with Gasteiger partial charge < -0.3 is 10.1 Å². The smallest absolute Gasteiger partial charge is 0.143 e. The molecule has 0 heterocycles. The molecule has 3 nitrogen and oxygen atoms in total. The van der Waals surface area contributed by atoms with Gasteiger partial charge in [-0.2, -0.15) is 5.26 Å². The highest BCUT2D eigenvalue weighted by Crippen LogP contribution is 2.27. The Morgan fingerprint density at radius 1 is 1.47 bits per heavy atom. The first-order valence-corrected chi connectivity index (χ1v) is 5.74. The third-order valence-electron chi connectivity index (χ3n) is 3.22. The molecule has 17 heavy (non-hydrogen) atoms. The number of hydrogen-bond donors (Lipinski definition) is 1. The predicted molar refractivity (Wildman–Crippen MR) is 63.2 cm³/mol. The summed E-state index contributed by atoms with van der Waals surface area (Å²) < 4.78 is 18.8. The Balaban J connectivity index is 2.19. The molecule has 4 heteroatoms. The molecule has 0 radical (unpaired) electrons. The van der Waals surface area contributed by atoms with Crippen LogP contribution < -0.4 is 5.32 Å². The Morgan fingerprint density at radius 3 is 3.00 bits per heavy atom. The summed E-state index contributed by atoms with van der Waals surface area (Å²) >= 11 is 0. The minimum atomic E-state index is -0.482. The fraction of sp³-hybridized carbons (Fsp3) is 0.462. The van der Waals surface area contributed by atoms with E-state index in [2.05, 4.69) is 5.32 Å². The number of hydrogen-bond acceptors (Lipinski definition) is 3. The summed E-state index contributed by atoms with van der Waals surface area (Å²) in [6.07, 6.45) is 3.23. The lowest BCUT2D eigenvalue weighted by Gasteiger charge is -2.21. The molecule has 0 aromatic heterocycles. The first-order chi connectivity index (χ1) is 8.26. The first kappa shape index (κ1) is 11.9. The van der Waals surface area contributed by atoms with Crippen LogP contribution in [0.2, 0.25) is 0 Å². The van der Waals surface area contributed by atoms with Crippen LogP contribution in [0.5, 0.6) is 0 Å². The topological polar surface area (TPSA) is 45.0 Å². The fourth-order valence-electron chi connectivity index (χ4n) is 2.33. The molecule has 0 bridgehead atoms. The number of methoxy groups -OCH3 is 1. The van der Waals surface area contributed by atoms with Crippen LogP contribution in [-0.2, 0) is 4.74 Å². The zero-order chi connectivity index (χ0) is 12.3. The van der Waals surface area contributed by atoms with Crippen molar-refractivity contribution >= 4 is 5.69 Å². The maximum Gasteiger partial charge on any atom is 0.143 e. The van der Waals surface area contributed by atoms with Gasteiger partial charge in [0.05, 0.1) is 17.8 Å². The number of nitrogens with one attached hydrogen (secondary N) is 1. The van der Waals surface area contributed by atoms with E-state index >= 15 is 0 Å². The molecule has 0 spiro atoms. The van der Waals surface area contributed by atoms with Crippen molar-refractivity contribution in [1.82, 2.24) is 0 Å². The number of ether oxygens (including phenoxy) is 1. The zero-order valence-electron chi connectivity index (χ0n) is 9.74. The number of rotatable bonds is 3. The van der Waals surface area contributed by atoms with Gasteiger partial charge in [0.25, 0.3) is 0 Å². The molecular formula is C13H15FN2O. The van der Waals surface area contributed by atoms with E-state index in [0.717, 1.165) is 19.3 Å². The van der Waals surface area contributed by atoms with E-state index in [9.17, 15) is 4.39 Å². The van der Waals surface area contributed by atoms with Crippen molar-refractivity contribution in [2.24, 2.45) is 0 Å². The summed E-state index contributed by atoms with van der Waals surface area (Å²) in [6.45, 7) is 0. The fourth-order valence-corrected chi connectivity index (χ4v) is 2.33. The van der Waals surface area contributed by atoms with Crippen molar-refractivity contribution in [3.05, 3.63) is 29.6 Å². The lowest BCUT2D eigenvalue weighted by Crippen LogP contribution is -2.30. The first-order valence-electron chi connectivity index (χ1n) is 5.74. The molecule has 0 aliphatic heterocycles. The number of anilines is 1. The molecule has 1 aromatic rings. The van der Waals surface area contributed by atoms with E-state index in [-0.39, 0.29) is 17.7 Å². The Hall–Kier alpha value is -1.60. The van der Waals surface area contributed by atoms with Gasteiger partial charge in [0.2, 0.25) is 0 Å². The molecule has 0 saturated heterocycles. The summed E-state index contributed by atoms with van der Waals surface area (Å²) in [5.74, 6) is -0.482. The molecule has 2 rings (SSSR count). The third-order valence-corrected chi connectivity index (χ3v) is 3.22. The standard InChI is InChI=1S/C13H15FN2O/c1-17-13-7-3-6-12(13)16-11-5-2-4-10(14)9(11)8-15/h2,4-5,12-13,16H,3,6-7H2,1H3. The van der Waals surface area contributed by atoms with Crippen LogP contribution in [0.4, 0.5) is 10.1 Å². The third kappa shape index (κ3) is 2.40. The molecule has 1 aromatic carbocycles. The van der Waals surface area contributed by atoms with Gasteiger partial charge in [-0.3, -0.25) is 0 Å². The maximum atomic E-state index is 13.4. The molecule has 1 aliphatic carbocycles. The summed E-state index contributed by atoms with van der Waals surface area (Å²) in [4.78, 5) is 0. The van der Waals surface area contributed by atoms with Crippen molar-refractivity contribution in [3.8, 4) is 6.07 Å². The number of nitrogens with zero attached hydrogens (tertiary/aromatic N) is 1. The SMILES string of the molecule is COC1CCCC1Nc1cccc(F)c1C#N. The average molecular weight is 234 g/mol. The van der Waals surface area contributed by atoms with Crippen LogP contribution in [0, 0.1) is 17.1 Å². The van der Waals surface area contributed by atoms with E-state index in [1.165, 1.54) is 6.07 Å². The lowest BCUT2D eigenvalue weighted by molar-refractivity contribution is 0.101. The minimum Gasteiger partial charge on any atom is -0.379 e. The number of nitriles is 1. The van der Waals surface area contributed by atoms with E-state index < -0.39 is 5.82 Å². The van der Waals surface area contributed by atoms with Crippen LogP contribution in [-0.4, -0.2) is 19.3 Å². The highest BCUT2D eigenvalue weighted by atomic mass is 19.1. The van der Waals surface area contributed by atoms with Gasteiger partial charge in [0, 0.05) is 7.11 Å². The van der Waals surface area contributed by atoms with Crippen molar-refractivity contribution in [3.63, 3.8) is 0 Å². The van der Waals surface area contributed by atoms with Gasteiger partial charge in [0.15, 0.2) is 0 Å². The average Bonchev–Trinajstić information content (AvgIpc) is 2.77. The second kappa shape index (κ2) is 5.15. The Kier molecular flexibility index (Phi) is 3.60. The zero-order valence-corrected chi connectivity index (χ0v) is 9.74. The number of benzene rings is 1. The molecule has 2 unspecified atom stereocenters. The Labute approximate surface area is 100 Å². The molecule has 1 N–H and O–H groups in total. The molecule has 1 saturated carbocycles. The molecule has 90 valence electrons. The summed E-state index contributed by atoms with van der Waals surface area (Å²) in [5, 5.41) is 12.1. The monoisotopic (exact) mass is 234 g/mol. The summed E-state index contributed by atoms with van der Waals surface area (Å²) in [6, 6.07) is 6.69. The summed E-state index contributed by atoms with van der Waals surface area (Å²) in [7, 11) is 1.68. The van der Waals surface area contributed by atoms with Crippen LogP contribution in [0.25, 0.3) is 0 Å². The second-order valence-corrected chi connectivity index (χ2v) is 4.23. The molecule has 2 atom stereocenters. The van der Waals surface area contributed by atoms with Crippen molar-refractivity contribution in [2.75, 3.05) is 12.4 Å². The van der Waals surface area contributed by atoms with Crippen LogP contribution in [0.15, 0.2) is 18.2 Å². The maximum absolute atomic E-state index is 13.4. The Bertz CT molecular complexity index is 442. The van der Waals surface area contributed by atoms with Crippen LogP contribution in [0.3, 0.4) is 0 Å².